The van der Waals surface area contributed by atoms with Gasteiger partial charge < -0.3 is 4.74 Å². The highest BCUT2D eigenvalue weighted by Gasteiger charge is 2.32. The summed E-state index contributed by atoms with van der Waals surface area (Å²) < 4.78 is 5.78. The third kappa shape index (κ3) is 3.08. The Bertz CT molecular complexity index is 1770. The summed E-state index contributed by atoms with van der Waals surface area (Å²) >= 11 is 3.84. The molecule has 4 aromatic carbocycles. The monoisotopic (exact) mass is 512 g/mol. The van der Waals surface area contributed by atoms with E-state index in [-0.39, 0.29) is 0 Å². The highest BCUT2D eigenvalue weighted by molar-refractivity contribution is 7.20. The van der Waals surface area contributed by atoms with Crippen molar-refractivity contribution in [1.29, 1.82) is 0 Å². The molecule has 0 bridgehead atoms. The summed E-state index contributed by atoms with van der Waals surface area (Å²) in [6, 6.07) is 31.7. The third-order valence-corrected chi connectivity index (χ3v) is 10.1. The maximum Gasteiger partial charge on any atom is 0.119 e. The van der Waals surface area contributed by atoms with Crippen molar-refractivity contribution in [2.75, 3.05) is 6.61 Å². The second-order valence-corrected chi connectivity index (χ2v) is 12.1. The van der Waals surface area contributed by atoms with Gasteiger partial charge in [-0.05, 0) is 82.8 Å². The Kier molecular flexibility index (Phi) is 4.59. The van der Waals surface area contributed by atoms with E-state index in [9.17, 15) is 0 Å². The summed E-state index contributed by atoms with van der Waals surface area (Å²) in [4.78, 5) is 5.48. The Balaban J connectivity index is 1.21. The molecule has 0 atom stereocenters. The number of ether oxygens (including phenoxy) is 1. The van der Waals surface area contributed by atoms with Gasteiger partial charge in [-0.25, -0.2) is 0 Å². The van der Waals surface area contributed by atoms with Crippen LogP contribution in [-0.4, -0.2) is 6.61 Å². The second-order valence-electron chi connectivity index (χ2n) is 10.0. The van der Waals surface area contributed by atoms with E-state index >= 15 is 0 Å². The SMILES string of the molecule is CCCOc1ccc(-c2cc3c(s2)-c2ccc4c5c(ccc-3c25)-c2sc(-c3ccc(C)cc3)cc2-4)cc1. The fourth-order valence-corrected chi connectivity index (χ4v) is 8.26. The van der Waals surface area contributed by atoms with Gasteiger partial charge in [0, 0.05) is 41.8 Å². The molecule has 0 saturated heterocycles. The van der Waals surface area contributed by atoms with E-state index in [1.165, 1.54) is 80.4 Å². The third-order valence-electron chi connectivity index (χ3n) is 7.64. The van der Waals surface area contributed by atoms with Crippen LogP contribution in [-0.2, 0) is 0 Å². The van der Waals surface area contributed by atoms with Gasteiger partial charge in [0.05, 0.1) is 6.61 Å². The minimum Gasteiger partial charge on any atom is -0.494 e. The maximum absolute atomic E-state index is 5.78. The van der Waals surface area contributed by atoms with Gasteiger partial charge in [0.1, 0.15) is 5.75 Å². The molecule has 0 spiro atoms. The van der Waals surface area contributed by atoms with Gasteiger partial charge in [0.25, 0.3) is 0 Å². The van der Waals surface area contributed by atoms with E-state index < -0.39 is 0 Å². The van der Waals surface area contributed by atoms with Crippen LogP contribution in [0.3, 0.4) is 0 Å². The molecule has 3 heteroatoms. The number of fused-ring (bicyclic) bond motifs is 6. The van der Waals surface area contributed by atoms with Gasteiger partial charge in [0.2, 0.25) is 0 Å². The number of hydrogen-bond donors (Lipinski definition) is 0. The number of hydrogen-bond acceptors (Lipinski definition) is 3. The van der Waals surface area contributed by atoms with Crippen molar-refractivity contribution in [2.24, 2.45) is 0 Å². The smallest absolute Gasteiger partial charge is 0.119 e. The average Bonchev–Trinajstić information content (AvgIpc) is 3.67. The summed E-state index contributed by atoms with van der Waals surface area (Å²) in [5, 5.41) is 2.88. The van der Waals surface area contributed by atoms with Crippen molar-refractivity contribution in [3.8, 4) is 69.8 Å². The summed E-state index contributed by atoms with van der Waals surface area (Å²) in [5.41, 5.74) is 12.2. The van der Waals surface area contributed by atoms with E-state index in [1.54, 1.807) is 0 Å². The Labute approximate surface area is 224 Å². The predicted octanol–water partition coefficient (Wildman–Crippen LogP) is 10.7. The summed E-state index contributed by atoms with van der Waals surface area (Å²) in [7, 11) is 0. The van der Waals surface area contributed by atoms with Crippen molar-refractivity contribution in [3.05, 3.63) is 90.5 Å². The predicted molar refractivity (Wildman–Crippen MR) is 160 cm³/mol. The molecule has 8 rings (SSSR count). The van der Waals surface area contributed by atoms with E-state index in [1.807, 2.05) is 22.7 Å². The van der Waals surface area contributed by atoms with Gasteiger partial charge in [0.15, 0.2) is 0 Å². The molecule has 6 aromatic rings. The van der Waals surface area contributed by atoms with Gasteiger partial charge in [-0.15, -0.1) is 22.7 Å². The van der Waals surface area contributed by atoms with Crippen LogP contribution in [0.25, 0.3) is 74.8 Å². The van der Waals surface area contributed by atoms with Gasteiger partial charge in [-0.3, -0.25) is 0 Å². The highest BCUT2D eigenvalue weighted by Crippen LogP contribution is 2.60. The fourth-order valence-electron chi connectivity index (χ4n) is 5.84. The molecule has 0 fully saturated rings. The molecule has 2 heterocycles. The van der Waals surface area contributed by atoms with Gasteiger partial charge in [-0.2, -0.15) is 0 Å². The van der Waals surface area contributed by atoms with Crippen LogP contribution in [0.1, 0.15) is 18.9 Å². The zero-order chi connectivity index (χ0) is 24.7. The topological polar surface area (TPSA) is 9.23 Å². The Morgan fingerprint density at radius 3 is 1.57 bits per heavy atom. The van der Waals surface area contributed by atoms with E-state index in [4.69, 9.17) is 4.74 Å². The molecular formula is C34H24OS2. The Morgan fingerprint density at radius 1 is 0.568 bits per heavy atom. The molecular weight excluding hydrogens is 489 g/mol. The molecule has 2 aliphatic carbocycles. The summed E-state index contributed by atoms with van der Waals surface area (Å²) in [6.45, 7) is 5.04. The zero-order valence-electron chi connectivity index (χ0n) is 20.7. The number of benzene rings is 4. The van der Waals surface area contributed by atoms with Gasteiger partial charge in [-0.1, -0.05) is 61.0 Å². The van der Waals surface area contributed by atoms with Crippen LogP contribution < -0.4 is 4.74 Å². The average molecular weight is 513 g/mol. The quantitative estimate of drug-likeness (QED) is 0.223. The van der Waals surface area contributed by atoms with Crippen LogP contribution >= 0.6 is 22.7 Å². The summed E-state index contributed by atoms with van der Waals surface area (Å²) in [5.74, 6) is 0.946. The molecule has 2 aromatic heterocycles. The minimum absolute atomic E-state index is 0.761. The van der Waals surface area contributed by atoms with E-state index in [2.05, 4.69) is 98.8 Å². The first-order valence-corrected chi connectivity index (χ1v) is 14.5. The van der Waals surface area contributed by atoms with Crippen LogP contribution in [0.5, 0.6) is 5.75 Å². The Morgan fingerprint density at radius 2 is 1.05 bits per heavy atom. The van der Waals surface area contributed by atoms with Crippen LogP contribution in [0.15, 0.2) is 84.9 Å². The number of thiophene rings is 2. The first kappa shape index (κ1) is 21.4. The molecule has 0 radical (unpaired) electrons. The van der Waals surface area contributed by atoms with Gasteiger partial charge >= 0.3 is 0 Å². The molecule has 0 amide bonds. The lowest BCUT2D eigenvalue weighted by atomic mass is 9.97. The normalized spacial score (nSPS) is 12.3. The molecule has 0 unspecified atom stereocenters. The molecule has 178 valence electrons. The molecule has 0 aliphatic heterocycles. The molecule has 1 nitrogen and oxygen atoms in total. The molecule has 0 N–H and O–H groups in total. The van der Waals surface area contributed by atoms with Crippen molar-refractivity contribution >= 4 is 33.4 Å². The lowest BCUT2D eigenvalue weighted by Gasteiger charge is -2.08. The lowest BCUT2D eigenvalue weighted by Crippen LogP contribution is -1.94. The highest BCUT2D eigenvalue weighted by atomic mass is 32.1. The van der Waals surface area contributed by atoms with E-state index in [0.717, 1.165) is 18.8 Å². The first-order chi connectivity index (χ1) is 18.2. The van der Waals surface area contributed by atoms with Crippen molar-refractivity contribution in [3.63, 3.8) is 0 Å². The van der Waals surface area contributed by atoms with Crippen molar-refractivity contribution < 1.29 is 4.74 Å². The molecule has 0 saturated carbocycles. The number of aryl methyl sites for hydroxylation is 1. The zero-order valence-corrected chi connectivity index (χ0v) is 22.4. The van der Waals surface area contributed by atoms with E-state index in [0.29, 0.717) is 0 Å². The lowest BCUT2D eigenvalue weighted by molar-refractivity contribution is 0.317. The van der Waals surface area contributed by atoms with Crippen LogP contribution in [0.2, 0.25) is 0 Å². The molecule has 37 heavy (non-hydrogen) atoms. The summed E-state index contributed by atoms with van der Waals surface area (Å²) in [6.07, 6.45) is 1.02. The fraction of sp³-hybridized carbons (Fsp3) is 0.118. The molecule has 2 aliphatic rings. The van der Waals surface area contributed by atoms with Crippen LogP contribution in [0.4, 0.5) is 0 Å². The minimum atomic E-state index is 0.761. The first-order valence-electron chi connectivity index (χ1n) is 12.9. The number of rotatable bonds is 5. The van der Waals surface area contributed by atoms with Crippen molar-refractivity contribution in [2.45, 2.75) is 20.3 Å². The van der Waals surface area contributed by atoms with Crippen LogP contribution in [0, 0.1) is 6.92 Å². The maximum atomic E-state index is 5.78. The Hall–Kier alpha value is -3.66. The second kappa shape index (κ2) is 7.92. The van der Waals surface area contributed by atoms with Crippen molar-refractivity contribution in [1.82, 2.24) is 0 Å². The standard InChI is InChI=1S/C34H24OS2/c1-3-16-35-22-10-8-21(9-11-22)30-18-28-24-13-14-25-31-23(12-15-26(32(24)31)34(28)37-30)27-17-29(36-33(25)27)20-6-4-19(2)5-7-20/h4-15,17-18H,3,16H2,1-2H3. The largest absolute Gasteiger partial charge is 0.494 e.